The van der Waals surface area contributed by atoms with Gasteiger partial charge in [-0.15, -0.1) is 0 Å². The molecule has 2 amide bonds. The summed E-state index contributed by atoms with van der Waals surface area (Å²) in [4.78, 5) is 27.4. The van der Waals surface area contributed by atoms with Crippen LogP contribution in [-0.4, -0.2) is 53.6 Å². The van der Waals surface area contributed by atoms with Crippen LogP contribution in [0, 0.1) is 11.8 Å². The first kappa shape index (κ1) is 18.5. The Kier molecular flexibility index (Phi) is 5.21. The third-order valence-corrected chi connectivity index (χ3v) is 6.15. The van der Waals surface area contributed by atoms with E-state index in [-0.39, 0.29) is 29.8 Å². The van der Waals surface area contributed by atoms with E-state index in [1.807, 2.05) is 4.90 Å². The molecule has 2 N–H and O–H groups in total. The molecule has 2 aliphatic heterocycles. The average Bonchev–Trinajstić information content (AvgIpc) is 3.38. The van der Waals surface area contributed by atoms with Crippen molar-refractivity contribution < 1.29 is 14.1 Å². The molecule has 1 aliphatic carbocycles. The highest BCUT2D eigenvalue weighted by Crippen LogP contribution is 2.40. The summed E-state index contributed by atoms with van der Waals surface area (Å²) in [5.41, 5.74) is 0.366. The standard InChI is InChI=1S/C20H30N4O3/c1-12-7-15(11-21-10-12)20(26)24-6-5-16(8-13(24)2)22-19(25)17-9-18(27-23-17)14-3-4-14/h9,12-16,21H,3-8,10-11H2,1-2H3,(H,22,25)/t12?,13-,15?,16?/m1/s1. The number of rotatable bonds is 4. The lowest BCUT2D eigenvalue weighted by atomic mass is 9.89. The fourth-order valence-corrected chi connectivity index (χ4v) is 4.43. The number of nitrogens with one attached hydrogen (secondary N) is 2. The molecule has 2 saturated heterocycles. The Bertz CT molecular complexity index is 699. The number of carbonyl (C=O) groups is 2. The molecule has 4 rings (SSSR count). The van der Waals surface area contributed by atoms with Crippen molar-refractivity contribution in [1.82, 2.24) is 20.7 Å². The third kappa shape index (κ3) is 4.18. The molecule has 3 unspecified atom stereocenters. The van der Waals surface area contributed by atoms with Crippen LogP contribution < -0.4 is 10.6 Å². The van der Waals surface area contributed by atoms with Crippen LogP contribution in [0.25, 0.3) is 0 Å². The van der Waals surface area contributed by atoms with Gasteiger partial charge in [0, 0.05) is 37.2 Å². The molecule has 1 aromatic rings. The lowest BCUT2D eigenvalue weighted by Crippen LogP contribution is -2.54. The SMILES string of the molecule is CC1CNCC(C(=O)N2CCC(NC(=O)c3cc(C4CC4)on3)C[C@H]2C)C1. The van der Waals surface area contributed by atoms with Gasteiger partial charge in [-0.05, 0) is 51.5 Å². The largest absolute Gasteiger partial charge is 0.360 e. The highest BCUT2D eigenvalue weighted by molar-refractivity contribution is 5.92. The van der Waals surface area contributed by atoms with Crippen molar-refractivity contribution in [2.45, 2.75) is 64.0 Å². The Morgan fingerprint density at radius 2 is 2.04 bits per heavy atom. The second-order valence-corrected chi connectivity index (χ2v) is 8.66. The summed E-state index contributed by atoms with van der Waals surface area (Å²) in [6.45, 7) is 6.75. The van der Waals surface area contributed by atoms with Gasteiger partial charge in [-0.1, -0.05) is 12.1 Å². The number of aromatic nitrogens is 1. The predicted molar refractivity (Wildman–Crippen MR) is 100 cm³/mol. The fraction of sp³-hybridized carbons (Fsp3) is 0.750. The van der Waals surface area contributed by atoms with Gasteiger partial charge < -0.3 is 20.1 Å². The molecule has 3 heterocycles. The van der Waals surface area contributed by atoms with E-state index in [0.717, 1.165) is 51.0 Å². The quantitative estimate of drug-likeness (QED) is 0.841. The normalized spacial score (nSPS) is 31.6. The first-order valence-electron chi connectivity index (χ1n) is 10.3. The third-order valence-electron chi connectivity index (χ3n) is 6.15. The highest BCUT2D eigenvalue weighted by Gasteiger charge is 2.35. The van der Waals surface area contributed by atoms with E-state index in [1.54, 1.807) is 6.07 Å². The summed E-state index contributed by atoms with van der Waals surface area (Å²) in [6, 6.07) is 1.97. The van der Waals surface area contributed by atoms with Crippen LogP contribution in [0.2, 0.25) is 0 Å². The summed E-state index contributed by atoms with van der Waals surface area (Å²) in [6.07, 6.45) is 4.77. The van der Waals surface area contributed by atoms with Gasteiger partial charge in [-0.2, -0.15) is 0 Å². The van der Waals surface area contributed by atoms with Crippen molar-refractivity contribution in [2.24, 2.45) is 11.8 Å². The molecule has 1 aromatic heterocycles. The summed E-state index contributed by atoms with van der Waals surface area (Å²) >= 11 is 0. The fourth-order valence-electron chi connectivity index (χ4n) is 4.43. The molecule has 7 nitrogen and oxygen atoms in total. The van der Waals surface area contributed by atoms with Crippen LogP contribution >= 0.6 is 0 Å². The number of nitrogens with zero attached hydrogens (tertiary/aromatic N) is 2. The van der Waals surface area contributed by atoms with E-state index in [2.05, 4.69) is 29.6 Å². The van der Waals surface area contributed by atoms with Crippen molar-refractivity contribution in [2.75, 3.05) is 19.6 Å². The van der Waals surface area contributed by atoms with Gasteiger partial charge in [0.05, 0.1) is 5.92 Å². The first-order valence-corrected chi connectivity index (χ1v) is 10.3. The van der Waals surface area contributed by atoms with Crippen LogP contribution in [0.15, 0.2) is 10.6 Å². The van der Waals surface area contributed by atoms with E-state index in [1.165, 1.54) is 0 Å². The summed E-state index contributed by atoms with van der Waals surface area (Å²) in [5, 5.41) is 10.4. The number of carbonyl (C=O) groups excluding carboxylic acids is 2. The number of likely N-dealkylation sites (tertiary alicyclic amines) is 1. The predicted octanol–water partition coefficient (Wildman–Crippen LogP) is 1.91. The van der Waals surface area contributed by atoms with Gasteiger partial charge >= 0.3 is 0 Å². The molecule has 148 valence electrons. The maximum Gasteiger partial charge on any atom is 0.273 e. The van der Waals surface area contributed by atoms with E-state index in [9.17, 15) is 9.59 Å². The minimum Gasteiger partial charge on any atom is -0.360 e. The van der Waals surface area contributed by atoms with Crippen molar-refractivity contribution in [3.8, 4) is 0 Å². The maximum absolute atomic E-state index is 12.9. The van der Waals surface area contributed by atoms with Gasteiger partial charge in [0.2, 0.25) is 5.91 Å². The maximum atomic E-state index is 12.9. The second kappa shape index (κ2) is 7.62. The van der Waals surface area contributed by atoms with Crippen molar-refractivity contribution in [3.63, 3.8) is 0 Å². The van der Waals surface area contributed by atoms with Gasteiger partial charge in [-0.3, -0.25) is 9.59 Å². The zero-order valence-electron chi connectivity index (χ0n) is 16.2. The summed E-state index contributed by atoms with van der Waals surface area (Å²) in [7, 11) is 0. The van der Waals surface area contributed by atoms with Gasteiger partial charge in [0.1, 0.15) is 5.76 Å². The van der Waals surface area contributed by atoms with Crippen molar-refractivity contribution in [3.05, 3.63) is 17.5 Å². The van der Waals surface area contributed by atoms with Crippen LogP contribution in [0.4, 0.5) is 0 Å². The molecule has 7 heteroatoms. The van der Waals surface area contributed by atoms with E-state index in [4.69, 9.17) is 4.52 Å². The van der Waals surface area contributed by atoms with E-state index < -0.39 is 0 Å². The molecular weight excluding hydrogens is 344 g/mol. The number of hydrogen-bond acceptors (Lipinski definition) is 5. The lowest BCUT2D eigenvalue weighted by molar-refractivity contribution is -0.140. The van der Waals surface area contributed by atoms with Crippen molar-refractivity contribution in [1.29, 1.82) is 0 Å². The molecule has 0 bridgehead atoms. The van der Waals surface area contributed by atoms with Gasteiger partial charge in [0.15, 0.2) is 5.69 Å². The zero-order valence-corrected chi connectivity index (χ0v) is 16.2. The molecule has 4 atom stereocenters. The Labute approximate surface area is 160 Å². The summed E-state index contributed by atoms with van der Waals surface area (Å²) < 4.78 is 5.27. The van der Waals surface area contributed by atoms with Crippen molar-refractivity contribution >= 4 is 11.8 Å². The monoisotopic (exact) mass is 374 g/mol. The molecule has 0 radical (unpaired) electrons. The van der Waals surface area contributed by atoms with E-state index >= 15 is 0 Å². The molecule has 3 aliphatic rings. The lowest BCUT2D eigenvalue weighted by Gasteiger charge is -2.40. The molecular formula is C20H30N4O3. The van der Waals surface area contributed by atoms with E-state index in [0.29, 0.717) is 24.1 Å². The second-order valence-electron chi connectivity index (χ2n) is 8.66. The minimum atomic E-state index is -0.173. The summed E-state index contributed by atoms with van der Waals surface area (Å²) in [5.74, 6) is 1.99. The zero-order chi connectivity index (χ0) is 19.0. The molecule has 27 heavy (non-hydrogen) atoms. The molecule has 0 spiro atoms. The molecule has 0 aromatic carbocycles. The van der Waals surface area contributed by atoms with Gasteiger partial charge in [0.25, 0.3) is 5.91 Å². The smallest absolute Gasteiger partial charge is 0.273 e. The average molecular weight is 374 g/mol. The molecule has 3 fully saturated rings. The highest BCUT2D eigenvalue weighted by atomic mass is 16.5. The van der Waals surface area contributed by atoms with Crippen LogP contribution in [0.3, 0.4) is 0 Å². The van der Waals surface area contributed by atoms with Crippen LogP contribution in [0.1, 0.15) is 68.1 Å². The Morgan fingerprint density at radius 1 is 1.22 bits per heavy atom. The first-order chi connectivity index (χ1) is 13.0. The Balaban J connectivity index is 1.30. The minimum absolute atomic E-state index is 0.0704. The topological polar surface area (TPSA) is 87.5 Å². The Hall–Kier alpha value is -1.89. The van der Waals surface area contributed by atoms with Gasteiger partial charge in [-0.25, -0.2) is 0 Å². The number of hydrogen-bond donors (Lipinski definition) is 2. The Morgan fingerprint density at radius 3 is 2.74 bits per heavy atom. The molecule has 1 saturated carbocycles. The number of piperidine rings is 2. The van der Waals surface area contributed by atoms with Crippen LogP contribution in [-0.2, 0) is 4.79 Å². The van der Waals surface area contributed by atoms with Crippen LogP contribution in [0.5, 0.6) is 0 Å². The number of amides is 2.